The lowest BCUT2D eigenvalue weighted by Gasteiger charge is -2.22. The molecule has 1 saturated heterocycles. The molecule has 1 aliphatic rings. The summed E-state index contributed by atoms with van der Waals surface area (Å²) in [5.74, 6) is 0. The fraction of sp³-hybridized carbons (Fsp3) is 1.00. The molecule has 0 aromatic rings. The van der Waals surface area contributed by atoms with Crippen LogP contribution in [0.25, 0.3) is 0 Å². The van der Waals surface area contributed by atoms with Gasteiger partial charge in [-0.1, -0.05) is 0 Å². The quantitative estimate of drug-likeness (QED) is 0.604. The largest absolute Gasteiger partial charge is 0.405 e. The van der Waals surface area contributed by atoms with Crippen LogP contribution in [0.4, 0.5) is 0 Å². The Morgan fingerprint density at radius 2 is 1.73 bits per heavy atom. The highest BCUT2D eigenvalue weighted by molar-refractivity contribution is 6.69. The molecule has 1 aliphatic heterocycles. The zero-order valence-electron chi connectivity index (χ0n) is 7.89. The molecule has 3 heteroatoms. The highest BCUT2D eigenvalue weighted by Gasteiger charge is 2.17. The third-order valence-electron chi connectivity index (χ3n) is 1.88. The van der Waals surface area contributed by atoms with Gasteiger partial charge in [0.15, 0.2) is 8.32 Å². The summed E-state index contributed by atoms with van der Waals surface area (Å²) in [6, 6.07) is 0. The van der Waals surface area contributed by atoms with Gasteiger partial charge in [0.25, 0.3) is 0 Å². The first-order valence-electron chi connectivity index (χ1n) is 4.44. The predicted octanol–water partition coefficient (Wildman–Crippen LogP) is 1.89. The summed E-state index contributed by atoms with van der Waals surface area (Å²) in [5, 5.41) is 0. The maximum absolute atomic E-state index is 5.78. The molecule has 0 amide bonds. The van der Waals surface area contributed by atoms with E-state index < -0.39 is 8.32 Å². The van der Waals surface area contributed by atoms with Crippen molar-refractivity contribution in [2.45, 2.75) is 32.5 Å². The lowest BCUT2D eigenvalue weighted by Crippen LogP contribution is -2.33. The highest BCUT2D eigenvalue weighted by atomic mass is 28.4. The fourth-order valence-corrected chi connectivity index (χ4v) is 1.77. The molecule has 1 heterocycles. The van der Waals surface area contributed by atoms with E-state index in [9.17, 15) is 0 Å². The summed E-state index contributed by atoms with van der Waals surface area (Å²) in [6.07, 6.45) is 2.71. The summed E-state index contributed by atoms with van der Waals surface area (Å²) in [5.41, 5.74) is 0. The third-order valence-corrected chi connectivity index (χ3v) is 2.87. The van der Waals surface area contributed by atoms with E-state index in [1.807, 2.05) is 0 Å². The zero-order chi connectivity index (χ0) is 8.32. The van der Waals surface area contributed by atoms with Crippen molar-refractivity contribution in [3.05, 3.63) is 0 Å². The summed E-state index contributed by atoms with van der Waals surface area (Å²) in [4.78, 5) is 2.40. The molecule has 0 aromatic heterocycles. The summed E-state index contributed by atoms with van der Waals surface area (Å²) in [6.45, 7) is 10.1. The van der Waals surface area contributed by atoms with Crippen LogP contribution in [-0.4, -0.2) is 33.0 Å². The fourth-order valence-electron chi connectivity index (χ4n) is 1.20. The van der Waals surface area contributed by atoms with Crippen molar-refractivity contribution < 1.29 is 4.43 Å². The van der Waals surface area contributed by atoms with Gasteiger partial charge in [-0.15, -0.1) is 0 Å². The Kier molecular flexibility index (Phi) is 3.10. The predicted molar refractivity (Wildman–Crippen MR) is 50.1 cm³/mol. The van der Waals surface area contributed by atoms with Crippen molar-refractivity contribution in [1.29, 1.82) is 0 Å². The Bertz CT molecular complexity index is 116. The van der Waals surface area contributed by atoms with E-state index in [1.165, 1.54) is 25.9 Å². The topological polar surface area (TPSA) is 12.5 Å². The number of rotatable bonds is 3. The molecule has 0 aliphatic carbocycles. The van der Waals surface area contributed by atoms with Crippen molar-refractivity contribution in [1.82, 2.24) is 4.90 Å². The van der Waals surface area contributed by atoms with Gasteiger partial charge in [-0.25, -0.2) is 0 Å². The summed E-state index contributed by atoms with van der Waals surface area (Å²) in [7, 11) is -1.27. The van der Waals surface area contributed by atoms with Crippen molar-refractivity contribution >= 4 is 8.32 Å². The van der Waals surface area contributed by atoms with Crippen LogP contribution in [-0.2, 0) is 4.43 Å². The first kappa shape index (κ1) is 9.23. The first-order valence-corrected chi connectivity index (χ1v) is 7.85. The first-order chi connectivity index (χ1) is 5.08. The van der Waals surface area contributed by atoms with Crippen LogP contribution in [0.3, 0.4) is 0 Å². The van der Waals surface area contributed by atoms with Crippen molar-refractivity contribution in [3.8, 4) is 0 Å². The number of hydrogen-bond donors (Lipinski definition) is 0. The second-order valence-corrected chi connectivity index (χ2v) is 8.72. The van der Waals surface area contributed by atoms with Crippen LogP contribution in [0.2, 0.25) is 19.6 Å². The van der Waals surface area contributed by atoms with E-state index in [-0.39, 0.29) is 0 Å². The molecular formula is C8H19NOSi. The Morgan fingerprint density at radius 3 is 2.18 bits per heavy atom. The minimum Gasteiger partial charge on any atom is -0.405 e. The maximum atomic E-state index is 5.78. The van der Waals surface area contributed by atoms with Crippen LogP contribution in [0.1, 0.15) is 12.8 Å². The standard InChI is InChI=1S/C8H19NOSi/c1-11(2,3)10-8-9-6-4-5-7-9/h4-8H2,1-3H3. The van der Waals surface area contributed by atoms with Gasteiger partial charge >= 0.3 is 0 Å². The molecule has 1 fully saturated rings. The van der Waals surface area contributed by atoms with Crippen LogP contribution < -0.4 is 0 Å². The van der Waals surface area contributed by atoms with Gasteiger partial charge in [0.2, 0.25) is 0 Å². The average Bonchev–Trinajstić information content (AvgIpc) is 2.32. The zero-order valence-corrected chi connectivity index (χ0v) is 8.89. The number of likely N-dealkylation sites (tertiary alicyclic amines) is 1. The second kappa shape index (κ2) is 3.69. The van der Waals surface area contributed by atoms with Crippen LogP contribution in [0.15, 0.2) is 0 Å². The van der Waals surface area contributed by atoms with Crippen LogP contribution in [0.5, 0.6) is 0 Å². The molecule has 66 valence electrons. The van der Waals surface area contributed by atoms with E-state index in [4.69, 9.17) is 4.43 Å². The Morgan fingerprint density at radius 1 is 1.18 bits per heavy atom. The van der Waals surface area contributed by atoms with Gasteiger partial charge in [-0.05, 0) is 32.5 Å². The highest BCUT2D eigenvalue weighted by Crippen LogP contribution is 2.09. The van der Waals surface area contributed by atoms with E-state index in [0.717, 1.165) is 6.73 Å². The lowest BCUT2D eigenvalue weighted by molar-refractivity contribution is 0.146. The minimum absolute atomic E-state index is 0.871. The van der Waals surface area contributed by atoms with Crippen LogP contribution >= 0.6 is 0 Å². The van der Waals surface area contributed by atoms with E-state index >= 15 is 0 Å². The summed E-state index contributed by atoms with van der Waals surface area (Å²) < 4.78 is 5.78. The molecule has 1 rings (SSSR count). The second-order valence-electron chi connectivity index (χ2n) is 4.21. The van der Waals surface area contributed by atoms with Gasteiger partial charge in [0, 0.05) is 13.1 Å². The van der Waals surface area contributed by atoms with Crippen molar-refractivity contribution in [2.24, 2.45) is 0 Å². The molecule has 0 bridgehead atoms. The van der Waals surface area contributed by atoms with Crippen molar-refractivity contribution in [2.75, 3.05) is 19.8 Å². The van der Waals surface area contributed by atoms with Crippen LogP contribution in [0, 0.1) is 0 Å². The SMILES string of the molecule is C[Si](C)(C)OCN1CCCC1. The van der Waals surface area contributed by atoms with Gasteiger partial charge in [0.1, 0.15) is 0 Å². The maximum Gasteiger partial charge on any atom is 0.185 e. The molecule has 0 unspecified atom stereocenters. The Labute approximate surface area is 70.7 Å². The van der Waals surface area contributed by atoms with Gasteiger partial charge in [0.05, 0.1) is 6.73 Å². The third kappa shape index (κ3) is 3.89. The lowest BCUT2D eigenvalue weighted by atomic mass is 10.4. The van der Waals surface area contributed by atoms with Gasteiger partial charge in [-0.2, -0.15) is 0 Å². The minimum atomic E-state index is -1.27. The molecule has 0 N–H and O–H groups in total. The molecule has 11 heavy (non-hydrogen) atoms. The monoisotopic (exact) mass is 173 g/mol. The van der Waals surface area contributed by atoms with E-state index in [2.05, 4.69) is 24.5 Å². The van der Waals surface area contributed by atoms with E-state index in [0.29, 0.717) is 0 Å². The molecular weight excluding hydrogens is 154 g/mol. The molecule has 0 spiro atoms. The summed E-state index contributed by atoms with van der Waals surface area (Å²) >= 11 is 0. The Hall–Kier alpha value is 0.137. The van der Waals surface area contributed by atoms with Gasteiger partial charge < -0.3 is 4.43 Å². The van der Waals surface area contributed by atoms with E-state index in [1.54, 1.807) is 0 Å². The molecule has 0 atom stereocenters. The van der Waals surface area contributed by atoms with Gasteiger partial charge in [-0.3, -0.25) is 4.90 Å². The molecule has 0 saturated carbocycles. The smallest absolute Gasteiger partial charge is 0.185 e. The normalized spacial score (nSPS) is 21.0. The Balaban J connectivity index is 2.11. The molecule has 0 radical (unpaired) electrons. The molecule has 2 nitrogen and oxygen atoms in total. The molecule has 0 aromatic carbocycles. The number of hydrogen-bond acceptors (Lipinski definition) is 2. The number of nitrogens with zero attached hydrogens (tertiary/aromatic N) is 1. The average molecular weight is 173 g/mol. The van der Waals surface area contributed by atoms with Crippen molar-refractivity contribution in [3.63, 3.8) is 0 Å².